The number of nitrogens with zero attached hydrogens (tertiary/aromatic N) is 1. The summed E-state index contributed by atoms with van der Waals surface area (Å²) < 4.78 is 26.7. The first-order valence-corrected chi connectivity index (χ1v) is 10.5. The van der Waals surface area contributed by atoms with Gasteiger partial charge >= 0.3 is 0 Å². The van der Waals surface area contributed by atoms with Gasteiger partial charge in [0.1, 0.15) is 0 Å². The standard InChI is InChI=1S/C18H27N3O3S.ClH/c22-18(14-19-12-15-6-7-15)20-13-16-8-10-21(11-9-16)25(23,24)17-4-2-1-3-5-17;/h1-5,15-16,19H,6-14H2,(H,20,22);1H. The number of piperidine rings is 1. The monoisotopic (exact) mass is 401 g/mol. The van der Waals surface area contributed by atoms with Crippen LogP contribution >= 0.6 is 12.4 Å². The summed E-state index contributed by atoms with van der Waals surface area (Å²) in [5.41, 5.74) is 0. The van der Waals surface area contributed by atoms with Gasteiger partial charge < -0.3 is 10.6 Å². The molecule has 1 aromatic carbocycles. The highest BCUT2D eigenvalue weighted by Gasteiger charge is 2.29. The minimum Gasteiger partial charge on any atom is -0.355 e. The third-order valence-electron chi connectivity index (χ3n) is 4.96. The molecule has 1 heterocycles. The lowest BCUT2D eigenvalue weighted by molar-refractivity contribution is -0.120. The van der Waals surface area contributed by atoms with E-state index in [4.69, 9.17) is 0 Å². The van der Waals surface area contributed by atoms with E-state index in [1.807, 2.05) is 6.07 Å². The van der Waals surface area contributed by atoms with Crippen molar-refractivity contribution in [2.24, 2.45) is 11.8 Å². The van der Waals surface area contributed by atoms with Gasteiger partial charge in [0.05, 0.1) is 11.4 Å². The lowest BCUT2D eigenvalue weighted by Crippen LogP contribution is -2.42. The van der Waals surface area contributed by atoms with Crippen molar-refractivity contribution in [2.45, 2.75) is 30.6 Å². The van der Waals surface area contributed by atoms with E-state index in [0.717, 1.165) is 25.3 Å². The Morgan fingerprint density at radius 3 is 2.23 bits per heavy atom. The quantitative estimate of drug-likeness (QED) is 0.693. The molecular weight excluding hydrogens is 374 g/mol. The fourth-order valence-electron chi connectivity index (χ4n) is 3.13. The second-order valence-electron chi connectivity index (χ2n) is 7.04. The number of halogens is 1. The maximum absolute atomic E-state index is 12.6. The molecule has 8 heteroatoms. The number of rotatable bonds is 8. The Morgan fingerprint density at radius 1 is 1.00 bits per heavy atom. The molecule has 0 unspecified atom stereocenters. The number of carbonyl (C=O) groups is 1. The van der Waals surface area contributed by atoms with Crippen LogP contribution in [0, 0.1) is 11.8 Å². The molecule has 0 radical (unpaired) electrons. The molecule has 6 nitrogen and oxygen atoms in total. The van der Waals surface area contributed by atoms with Gasteiger partial charge in [-0.2, -0.15) is 4.31 Å². The molecule has 0 aromatic heterocycles. The molecule has 2 N–H and O–H groups in total. The maximum atomic E-state index is 12.6. The van der Waals surface area contributed by atoms with Gasteiger partial charge in [0.2, 0.25) is 15.9 Å². The third kappa shape index (κ3) is 5.94. The summed E-state index contributed by atoms with van der Waals surface area (Å²) >= 11 is 0. The predicted octanol–water partition coefficient (Wildman–Crippen LogP) is 1.62. The minimum absolute atomic E-state index is 0. The lowest BCUT2D eigenvalue weighted by atomic mass is 9.98. The molecule has 2 aliphatic rings. The van der Waals surface area contributed by atoms with Crippen LogP contribution in [0.1, 0.15) is 25.7 Å². The zero-order valence-electron chi connectivity index (χ0n) is 14.9. The van der Waals surface area contributed by atoms with Gasteiger partial charge in [-0.1, -0.05) is 18.2 Å². The number of hydrogen-bond acceptors (Lipinski definition) is 4. The van der Waals surface area contributed by atoms with Crippen LogP contribution in [0.2, 0.25) is 0 Å². The molecule has 146 valence electrons. The van der Waals surface area contributed by atoms with E-state index in [9.17, 15) is 13.2 Å². The number of sulfonamides is 1. The lowest BCUT2D eigenvalue weighted by Gasteiger charge is -2.31. The van der Waals surface area contributed by atoms with Crippen LogP contribution in [-0.4, -0.2) is 51.4 Å². The van der Waals surface area contributed by atoms with E-state index in [0.29, 0.717) is 37.0 Å². The number of hydrogen-bond donors (Lipinski definition) is 2. The average molecular weight is 402 g/mol. The summed E-state index contributed by atoms with van der Waals surface area (Å²) in [6.07, 6.45) is 4.11. The molecule has 1 aliphatic carbocycles. The molecule has 1 saturated heterocycles. The van der Waals surface area contributed by atoms with Gasteiger partial charge in [0.15, 0.2) is 0 Å². The first kappa shape index (κ1) is 21.2. The Balaban J connectivity index is 0.00000243. The van der Waals surface area contributed by atoms with Crippen molar-refractivity contribution in [3.8, 4) is 0 Å². The Kier molecular flexibility index (Phi) is 7.88. The Labute approximate surface area is 162 Å². The average Bonchev–Trinajstić information content (AvgIpc) is 3.45. The molecule has 0 spiro atoms. The third-order valence-corrected chi connectivity index (χ3v) is 6.87. The topological polar surface area (TPSA) is 78.5 Å². The summed E-state index contributed by atoms with van der Waals surface area (Å²) in [5, 5.41) is 6.14. The SMILES string of the molecule is Cl.O=C(CNCC1CC1)NCC1CCN(S(=O)(=O)c2ccccc2)CC1. The molecule has 26 heavy (non-hydrogen) atoms. The van der Waals surface area contributed by atoms with Gasteiger partial charge in [0.25, 0.3) is 0 Å². The maximum Gasteiger partial charge on any atom is 0.243 e. The van der Waals surface area contributed by atoms with E-state index < -0.39 is 10.0 Å². The Morgan fingerprint density at radius 2 is 1.62 bits per heavy atom. The second-order valence-corrected chi connectivity index (χ2v) is 8.98. The van der Waals surface area contributed by atoms with E-state index >= 15 is 0 Å². The van der Waals surface area contributed by atoms with Crippen molar-refractivity contribution in [2.75, 3.05) is 32.7 Å². The van der Waals surface area contributed by atoms with Crippen molar-refractivity contribution >= 4 is 28.3 Å². The van der Waals surface area contributed by atoms with Crippen molar-refractivity contribution < 1.29 is 13.2 Å². The molecule has 2 fully saturated rings. The molecule has 0 atom stereocenters. The smallest absolute Gasteiger partial charge is 0.243 e. The highest BCUT2D eigenvalue weighted by Crippen LogP contribution is 2.27. The molecule has 1 amide bonds. The Hall–Kier alpha value is -1.15. The molecule has 1 aliphatic heterocycles. The highest BCUT2D eigenvalue weighted by atomic mass is 35.5. The van der Waals surface area contributed by atoms with E-state index in [-0.39, 0.29) is 18.3 Å². The molecule has 1 saturated carbocycles. The fraction of sp³-hybridized carbons (Fsp3) is 0.611. The van der Waals surface area contributed by atoms with Crippen molar-refractivity contribution in [3.63, 3.8) is 0 Å². The van der Waals surface area contributed by atoms with E-state index in [1.165, 1.54) is 12.8 Å². The highest BCUT2D eigenvalue weighted by molar-refractivity contribution is 7.89. The molecular formula is C18H28ClN3O3S. The van der Waals surface area contributed by atoms with Crippen LogP contribution in [-0.2, 0) is 14.8 Å². The van der Waals surface area contributed by atoms with Crippen LogP contribution in [0.15, 0.2) is 35.2 Å². The van der Waals surface area contributed by atoms with Crippen LogP contribution in [0.3, 0.4) is 0 Å². The van der Waals surface area contributed by atoms with E-state index in [2.05, 4.69) is 10.6 Å². The molecule has 0 bridgehead atoms. The summed E-state index contributed by atoms with van der Waals surface area (Å²) in [5.74, 6) is 1.14. The van der Waals surface area contributed by atoms with Gasteiger partial charge in [-0.05, 0) is 56.2 Å². The second kappa shape index (κ2) is 9.69. The number of benzene rings is 1. The number of amides is 1. The van der Waals surface area contributed by atoms with Gasteiger partial charge in [-0.25, -0.2) is 8.42 Å². The first-order valence-electron chi connectivity index (χ1n) is 9.08. The first-order chi connectivity index (χ1) is 12.1. The molecule has 3 rings (SSSR count). The fourth-order valence-corrected chi connectivity index (χ4v) is 4.62. The number of carbonyl (C=O) groups excluding carboxylic acids is 1. The largest absolute Gasteiger partial charge is 0.355 e. The Bertz CT molecular complexity index is 672. The van der Waals surface area contributed by atoms with Crippen molar-refractivity contribution in [3.05, 3.63) is 30.3 Å². The zero-order valence-corrected chi connectivity index (χ0v) is 16.5. The van der Waals surface area contributed by atoms with Gasteiger partial charge in [-0.15, -0.1) is 12.4 Å². The van der Waals surface area contributed by atoms with Crippen LogP contribution in [0.25, 0.3) is 0 Å². The van der Waals surface area contributed by atoms with Crippen molar-refractivity contribution in [1.82, 2.24) is 14.9 Å². The number of nitrogens with one attached hydrogen (secondary N) is 2. The normalized spacial score (nSPS) is 18.9. The molecule has 1 aromatic rings. The summed E-state index contributed by atoms with van der Waals surface area (Å²) in [6, 6.07) is 8.57. The predicted molar refractivity (Wildman–Crippen MR) is 104 cm³/mol. The van der Waals surface area contributed by atoms with Gasteiger partial charge in [0, 0.05) is 19.6 Å². The van der Waals surface area contributed by atoms with Crippen LogP contribution < -0.4 is 10.6 Å². The van der Waals surface area contributed by atoms with Gasteiger partial charge in [-0.3, -0.25) is 4.79 Å². The summed E-state index contributed by atoms with van der Waals surface area (Å²) in [4.78, 5) is 12.2. The van der Waals surface area contributed by atoms with Crippen LogP contribution in [0.4, 0.5) is 0 Å². The zero-order chi connectivity index (χ0) is 17.7. The van der Waals surface area contributed by atoms with Crippen molar-refractivity contribution in [1.29, 1.82) is 0 Å². The minimum atomic E-state index is -3.40. The summed E-state index contributed by atoms with van der Waals surface area (Å²) in [6.45, 7) is 2.96. The van der Waals surface area contributed by atoms with E-state index in [1.54, 1.807) is 28.6 Å². The summed E-state index contributed by atoms with van der Waals surface area (Å²) in [7, 11) is -3.40. The van der Waals surface area contributed by atoms with Crippen LogP contribution in [0.5, 0.6) is 0 Å².